The highest BCUT2D eigenvalue weighted by atomic mass is 19.4. The van der Waals surface area contributed by atoms with Gasteiger partial charge in [0.1, 0.15) is 11.8 Å². The van der Waals surface area contributed by atoms with Crippen LogP contribution in [0.2, 0.25) is 0 Å². The van der Waals surface area contributed by atoms with E-state index in [0.717, 1.165) is 24.6 Å². The average molecular weight is 407 g/mol. The van der Waals surface area contributed by atoms with Crippen molar-refractivity contribution in [3.05, 3.63) is 52.7 Å². The predicted octanol–water partition coefficient (Wildman–Crippen LogP) is 2.74. The van der Waals surface area contributed by atoms with Crippen molar-refractivity contribution in [2.75, 3.05) is 6.61 Å². The number of rotatable bonds is 1. The van der Waals surface area contributed by atoms with E-state index in [1.54, 1.807) is 17.4 Å². The van der Waals surface area contributed by atoms with Gasteiger partial charge in [0.25, 0.3) is 0 Å². The highest BCUT2D eigenvalue weighted by Gasteiger charge is 2.31. The molecule has 1 aliphatic rings. The summed E-state index contributed by atoms with van der Waals surface area (Å²) >= 11 is 0. The fraction of sp³-hybridized carbons (Fsp3) is 0.556. The Kier molecular flexibility index (Phi) is 12.8. The van der Waals surface area contributed by atoms with E-state index >= 15 is 0 Å². The normalized spacial score (nSPS) is 21.1. The molecule has 1 fully saturated rings. The molecule has 0 saturated carbocycles. The number of aliphatic hydroxyl groups excluding tert-OH is 2. The summed E-state index contributed by atoms with van der Waals surface area (Å²) in [7, 11) is 0. The summed E-state index contributed by atoms with van der Waals surface area (Å²) in [5.74, 6) is 0. The van der Waals surface area contributed by atoms with Gasteiger partial charge in [0.2, 0.25) is 5.56 Å². The molecule has 0 spiro atoms. The third-order valence-corrected chi connectivity index (χ3v) is 3.40. The van der Waals surface area contributed by atoms with Crippen LogP contribution in [0.15, 0.2) is 41.5 Å². The maximum Gasteiger partial charge on any atom is 0.431 e. The molecule has 0 amide bonds. The fourth-order valence-electron chi connectivity index (χ4n) is 2.04. The lowest BCUT2D eigenvalue weighted by atomic mass is 10.0. The Morgan fingerprint density at radius 2 is 1.93 bits per heavy atom. The third kappa shape index (κ3) is 10.2. The second-order valence-electron chi connectivity index (χ2n) is 5.36. The van der Waals surface area contributed by atoms with Gasteiger partial charge in [-0.3, -0.25) is 9.89 Å². The van der Waals surface area contributed by atoms with Crippen LogP contribution in [-0.2, 0) is 10.9 Å². The van der Waals surface area contributed by atoms with Gasteiger partial charge in [0.05, 0.1) is 12.2 Å². The van der Waals surface area contributed by atoms with Gasteiger partial charge >= 0.3 is 6.18 Å². The number of ether oxygens (including phenoxy) is 1. The number of aromatic amines is 2. The summed E-state index contributed by atoms with van der Waals surface area (Å²) in [6.07, 6.45) is -1.13. The average Bonchev–Trinajstić information content (AvgIpc) is 3.26. The second-order valence-corrected chi connectivity index (χ2v) is 5.36. The maximum absolute atomic E-state index is 11.8. The Balaban J connectivity index is 0.000000394. The number of hydrogen-bond acceptors (Lipinski definition) is 5. The molecular weight excluding hydrogens is 379 g/mol. The smallest absolute Gasteiger partial charge is 0.390 e. The minimum atomic E-state index is -4.47. The lowest BCUT2D eigenvalue weighted by molar-refractivity contribution is -0.141. The Morgan fingerprint density at radius 3 is 2.29 bits per heavy atom. The van der Waals surface area contributed by atoms with Gasteiger partial charge in [-0.05, 0) is 25.0 Å². The van der Waals surface area contributed by atoms with Gasteiger partial charge in [-0.2, -0.15) is 18.3 Å². The number of nitrogens with one attached hydrogen (secondary N) is 2. The van der Waals surface area contributed by atoms with Crippen LogP contribution in [-0.4, -0.2) is 50.3 Å². The van der Waals surface area contributed by atoms with Crippen molar-refractivity contribution in [2.45, 2.75) is 58.1 Å². The van der Waals surface area contributed by atoms with E-state index in [-0.39, 0.29) is 6.10 Å². The number of hydrogen-bond donors (Lipinski definition) is 4. The van der Waals surface area contributed by atoms with E-state index in [1.165, 1.54) is 0 Å². The summed E-state index contributed by atoms with van der Waals surface area (Å²) in [4.78, 5) is 12.0. The van der Waals surface area contributed by atoms with Crippen molar-refractivity contribution in [1.29, 1.82) is 0 Å². The summed E-state index contributed by atoms with van der Waals surface area (Å²) in [6, 6.07) is 4.72. The van der Waals surface area contributed by atoms with Crippen LogP contribution >= 0.6 is 0 Å². The molecule has 1 saturated heterocycles. The highest BCUT2D eigenvalue weighted by molar-refractivity contribution is 5.06. The molecule has 1 aliphatic heterocycles. The Bertz CT molecular complexity index is 645. The van der Waals surface area contributed by atoms with E-state index in [0.29, 0.717) is 13.0 Å². The summed E-state index contributed by atoms with van der Waals surface area (Å²) in [5, 5.41) is 24.6. The van der Waals surface area contributed by atoms with Crippen molar-refractivity contribution >= 4 is 0 Å². The first kappa shape index (κ1) is 25.8. The van der Waals surface area contributed by atoms with Crippen molar-refractivity contribution in [2.24, 2.45) is 0 Å². The molecule has 28 heavy (non-hydrogen) atoms. The Hall–Kier alpha value is -2.17. The molecule has 0 aromatic carbocycles. The van der Waals surface area contributed by atoms with Crippen LogP contribution in [0.5, 0.6) is 0 Å². The number of H-pyrrole nitrogens is 2. The summed E-state index contributed by atoms with van der Waals surface area (Å²) < 4.78 is 40.6. The Morgan fingerprint density at radius 1 is 1.25 bits per heavy atom. The van der Waals surface area contributed by atoms with Crippen LogP contribution in [0.25, 0.3) is 0 Å². The van der Waals surface area contributed by atoms with Crippen LogP contribution < -0.4 is 5.56 Å². The molecule has 160 valence electrons. The van der Waals surface area contributed by atoms with Crippen molar-refractivity contribution < 1.29 is 28.1 Å². The maximum atomic E-state index is 11.8. The zero-order valence-electron chi connectivity index (χ0n) is 16.1. The molecule has 3 atom stereocenters. The zero-order chi connectivity index (χ0) is 21.6. The standard InChI is InChI=1S/C7H14O3.C6H4F3NO.C3H4N2.C2H6/c1-2-6-7(9)5(8)3-4-10-6;7-6(8,9)4-2-1-3-5(11)10-4;1-2-4-5-3-1;1-2/h5-9H,2-4H2,1H3;1-3H,(H,10,11);1-3H,(H,4,5);1-2H3. The molecule has 7 nitrogen and oxygen atoms in total. The monoisotopic (exact) mass is 407 g/mol. The van der Waals surface area contributed by atoms with Gasteiger partial charge < -0.3 is 19.9 Å². The largest absolute Gasteiger partial charge is 0.431 e. The Labute approximate surface area is 161 Å². The summed E-state index contributed by atoms with van der Waals surface area (Å²) in [5.41, 5.74) is -1.77. The topological polar surface area (TPSA) is 111 Å². The number of aliphatic hydroxyl groups is 2. The highest BCUT2D eigenvalue weighted by Crippen LogP contribution is 2.25. The molecule has 0 bridgehead atoms. The molecule has 0 radical (unpaired) electrons. The minimum Gasteiger partial charge on any atom is -0.390 e. The van der Waals surface area contributed by atoms with Gasteiger partial charge in [0, 0.05) is 25.1 Å². The van der Waals surface area contributed by atoms with E-state index in [1.807, 2.05) is 26.8 Å². The predicted molar refractivity (Wildman–Crippen MR) is 98.7 cm³/mol. The van der Waals surface area contributed by atoms with Gasteiger partial charge in [-0.1, -0.05) is 26.8 Å². The fourth-order valence-corrected chi connectivity index (χ4v) is 2.04. The van der Waals surface area contributed by atoms with Crippen LogP contribution in [0.1, 0.15) is 39.3 Å². The number of pyridine rings is 1. The van der Waals surface area contributed by atoms with Gasteiger partial charge in [-0.15, -0.1) is 0 Å². The number of alkyl halides is 3. The van der Waals surface area contributed by atoms with Crippen LogP contribution in [0.3, 0.4) is 0 Å². The lowest BCUT2D eigenvalue weighted by Gasteiger charge is -2.31. The van der Waals surface area contributed by atoms with E-state index in [4.69, 9.17) is 9.84 Å². The molecule has 4 N–H and O–H groups in total. The van der Waals surface area contributed by atoms with E-state index < -0.39 is 29.6 Å². The number of nitrogens with zero attached hydrogens (tertiary/aromatic N) is 1. The van der Waals surface area contributed by atoms with Crippen LogP contribution in [0.4, 0.5) is 13.2 Å². The zero-order valence-corrected chi connectivity index (χ0v) is 16.1. The van der Waals surface area contributed by atoms with Gasteiger partial charge in [0.15, 0.2) is 0 Å². The minimum absolute atomic E-state index is 0.163. The first-order chi connectivity index (χ1) is 13.3. The van der Waals surface area contributed by atoms with E-state index in [9.17, 15) is 23.1 Å². The molecular formula is C18H28F3N3O4. The molecule has 3 unspecified atom stereocenters. The molecule has 3 heterocycles. The summed E-state index contributed by atoms with van der Waals surface area (Å²) in [6.45, 7) is 6.50. The molecule has 2 aromatic rings. The molecule has 0 aliphatic carbocycles. The van der Waals surface area contributed by atoms with Crippen molar-refractivity contribution in [3.63, 3.8) is 0 Å². The van der Waals surface area contributed by atoms with Crippen molar-refractivity contribution in [3.8, 4) is 0 Å². The molecule has 3 rings (SSSR count). The first-order valence-electron chi connectivity index (χ1n) is 8.93. The number of aromatic nitrogens is 3. The van der Waals surface area contributed by atoms with Crippen molar-refractivity contribution in [1.82, 2.24) is 15.2 Å². The van der Waals surface area contributed by atoms with E-state index in [2.05, 4.69) is 10.2 Å². The molecule has 2 aromatic heterocycles. The SMILES string of the molecule is CC.CCC1OCCC(O)C1O.O=c1cccc(C(F)(F)F)[nH]1.c1cn[nH]c1. The third-order valence-electron chi connectivity index (χ3n) is 3.40. The molecule has 10 heteroatoms. The lowest BCUT2D eigenvalue weighted by Crippen LogP contribution is -2.43. The van der Waals surface area contributed by atoms with Gasteiger partial charge in [-0.25, -0.2) is 0 Å². The quantitative estimate of drug-likeness (QED) is 0.581. The second kappa shape index (κ2) is 13.9. The van der Waals surface area contributed by atoms with Crippen LogP contribution in [0, 0.1) is 0 Å². The number of halogens is 3. The first-order valence-corrected chi connectivity index (χ1v) is 8.93.